The van der Waals surface area contributed by atoms with Crippen LogP contribution in [0.15, 0.2) is 24.3 Å². The topological polar surface area (TPSA) is 66.4 Å². The molecule has 5 heteroatoms. The molecule has 1 amide bonds. The van der Waals surface area contributed by atoms with Gasteiger partial charge in [-0.3, -0.25) is 9.59 Å². The number of thioether (sulfide) groups is 1. The number of carbonyl (C=O) groups excluding carboxylic acids is 1. The lowest BCUT2D eigenvalue weighted by atomic mass is 10.0. The zero-order valence-corrected chi connectivity index (χ0v) is 12.3. The van der Waals surface area contributed by atoms with E-state index in [2.05, 4.69) is 5.32 Å². The van der Waals surface area contributed by atoms with E-state index >= 15 is 0 Å². The Morgan fingerprint density at radius 3 is 2.65 bits per heavy atom. The molecule has 1 aliphatic rings. The lowest BCUT2D eigenvalue weighted by Crippen LogP contribution is -2.22. The predicted molar refractivity (Wildman–Crippen MR) is 80.8 cm³/mol. The van der Waals surface area contributed by atoms with Gasteiger partial charge in [0.15, 0.2) is 0 Å². The fourth-order valence-electron chi connectivity index (χ4n) is 2.60. The largest absolute Gasteiger partial charge is 0.481 e. The summed E-state index contributed by atoms with van der Waals surface area (Å²) in [4.78, 5) is 23.2. The van der Waals surface area contributed by atoms with Crippen LogP contribution in [-0.4, -0.2) is 23.2 Å². The van der Waals surface area contributed by atoms with Crippen LogP contribution in [0, 0.1) is 11.8 Å². The van der Waals surface area contributed by atoms with Crippen molar-refractivity contribution in [1.29, 1.82) is 0 Å². The third-order valence-corrected chi connectivity index (χ3v) is 4.33. The van der Waals surface area contributed by atoms with E-state index < -0.39 is 5.97 Å². The number of para-hydroxylation sites is 1. The summed E-state index contributed by atoms with van der Waals surface area (Å²) in [6, 6.07) is 7.75. The molecule has 0 heterocycles. The molecule has 20 heavy (non-hydrogen) atoms. The Morgan fingerprint density at radius 2 is 2.00 bits per heavy atom. The number of hydrogen-bond donors (Lipinski definition) is 2. The molecule has 1 aliphatic carbocycles. The second-order valence-corrected chi connectivity index (χ2v) is 5.99. The van der Waals surface area contributed by atoms with E-state index in [-0.39, 0.29) is 17.7 Å². The maximum atomic E-state index is 12.2. The molecule has 1 aromatic rings. The standard InChI is InChI=1S/C15H19NO3S/c1-20-9-12-4-2-3-5-13(12)16-14(17)10-6-7-11(8-10)15(18)19/h2-5,10-11H,6-9H2,1H3,(H,16,17)(H,18,19)/t10-,11+/m1/s1. The van der Waals surface area contributed by atoms with Crippen molar-refractivity contribution >= 4 is 29.3 Å². The summed E-state index contributed by atoms with van der Waals surface area (Å²) in [5.74, 6) is -0.546. The summed E-state index contributed by atoms with van der Waals surface area (Å²) in [6.07, 6.45) is 3.73. The van der Waals surface area contributed by atoms with Gasteiger partial charge in [0.1, 0.15) is 0 Å². The van der Waals surface area contributed by atoms with Crippen LogP contribution < -0.4 is 5.32 Å². The van der Waals surface area contributed by atoms with Crippen molar-refractivity contribution < 1.29 is 14.7 Å². The molecule has 2 N–H and O–H groups in total. The van der Waals surface area contributed by atoms with Crippen molar-refractivity contribution in [3.05, 3.63) is 29.8 Å². The van der Waals surface area contributed by atoms with Gasteiger partial charge >= 0.3 is 5.97 Å². The molecule has 0 aromatic heterocycles. The first kappa shape index (κ1) is 14.9. The smallest absolute Gasteiger partial charge is 0.306 e. The zero-order chi connectivity index (χ0) is 14.5. The third-order valence-electron chi connectivity index (χ3n) is 3.73. The highest BCUT2D eigenvalue weighted by Crippen LogP contribution is 2.32. The van der Waals surface area contributed by atoms with E-state index in [0.29, 0.717) is 19.3 Å². The highest BCUT2D eigenvalue weighted by molar-refractivity contribution is 7.97. The molecule has 0 bridgehead atoms. The van der Waals surface area contributed by atoms with Crippen LogP contribution >= 0.6 is 11.8 Å². The van der Waals surface area contributed by atoms with Gasteiger partial charge in [-0.2, -0.15) is 11.8 Å². The highest BCUT2D eigenvalue weighted by Gasteiger charge is 2.33. The first-order valence-corrected chi connectivity index (χ1v) is 8.11. The Morgan fingerprint density at radius 1 is 1.30 bits per heavy atom. The van der Waals surface area contributed by atoms with Crippen LogP contribution in [0.5, 0.6) is 0 Å². The number of aliphatic carboxylic acids is 1. The molecular weight excluding hydrogens is 274 g/mol. The molecule has 2 rings (SSSR count). The van der Waals surface area contributed by atoms with Gasteiger partial charge < -0.3 is 10.4 Å². The average Bonchev–Trinajstić information content (AvgIpc) is 2.91. The number of carboxylic acids is 1. The molecule has 1 aromatic carbocycles. The first-order valence-electron chi connectivity index (χ1n) is 6.72. The number of carboxylic acid groups (broad SMARTS) is 1. The van der Waals surface area contributed by atoms with Gasteiger partial charge in [-0.05, 0) is 37.1 Å². The second-order valence-electron chi connectivity index (χ2n) is 5.12. The van der Waals surface area contributed by atoms with Gasteiger partial charge in [-0.15, -0.1) is 0 Å². The second kappa shape index (κ2) is 6.79. The van der Waals surface area contributed by atoms with Crippen LogP contribution in [0.2, 0.25) is 0 Å². The highest BCUT2D eigenvalue weighted by atomic mass is 32.2. The summed E-state index contributed by atoms with van der Waals surface area (Å²) in [6.45, 7) is 0. The fourth-order valence-corrected chi connectivity index (χ4v) is 3.17. The lowest BCUT2D eigenvalue weighted by molar-refractivity contribution is -0.141. The van der Waals surface area contributed by atoms with Crippen molar-refractivity contribution in [3.63, 3.8) is 0 Å². The quantitative estimate of drug-likeness (QED) is 0.876. The van der Waals surface area contributed by atoms with Crippen LogP contribution in [0.4, 0.5) is 5.69 Å². The van der Waals surface area contributed by atoms with E-state index in [1.165, 1.54) is 0 Å². The minimum absolute atomic E-state index is 0.0534. The van der Waals surface area contributed by atoms with Gasteiger partial charge in [0.25, 0.3) is 0 Å². The Kier molecular flexibility index (Phi) is 5.06. The molecule has 2 atom stereocenters. The number of benzene rings is 1. The number of hydrogen-bond acceptors (Lipinski definition) is 3. The van der Waals surface area contributed by atoms with Crippen LogP contribution in [0.25, 0.3) is 0 Å². The van der Waals surface area contributed by atoms with E-state index in [9.17, 15) is 9.59 Å². The van der Waals surface area contributed by atoms with Crippen LogP contribution in [0.3, 0.4) is 0 Å². The molecule has 0 radical (unpaired) electrons. The average molecular weight is 293 g/mol. The van der Waals surface area contributed by atoms with Crippen LogP contribution in [0.1, 0.15) is 24.8 Å². The minimum Gasteiger partial charge on any atom is -0.481 e. The Bertz CT molecular complexity index is 504. The Hall–Kier alpha value is -1.49. The number of amides is 1. The first-order chi connectivity index (χ1) is 9.61. The van der Waals surface area contributed by atoms with E-state index in [1.807, 2.05) is 30.5 Å². The van der Waals surface area contributed by atoms with Gasteiger partial charge in [-0.25, -0.2) is 0 Å². The zero-order valence-electron chi connectivity index (χ0n) is 11.5. The minimum atomic E-state index is -0.789. The number of nitrogens with one attached hydrogen (secondary N) is 1. The summed E-state index contributed by atoms with van der Waals surface area (Å²) < 4.78 is 0. The third kappa shape index (κ3) is 3.54. The summed E-state index contributed by atoms with van der Waals surface area (Å²) in [5, 5.41) is 11.9. The van der Waals surface area contributed by atoms with E-state index in [4.69, 9.17) is 5.11 Å². The summed E-state index contributed by atoms with van der Waals surface area (Å²) in [7, 11) is 0. The predicted octanol–water partition coefficient (Wildman–Crippen LogP) is 2.99. The van der Waals surface area contributed by atoms with Gasteiger partial charge in [-0.1, -0.05) is 18.2 Å². The molecule has 0 unspecified atom stereocenters. The van der Waals surface area contributed by atoms with Crippen molar-refractivity contribution in [2.24, 2.45) is 11.8 Å². The normalized spacial score (nSPS) is 21.6. The number of anilines is 1. The molecular formula is C15H19NO3S. The van der Waals surface area contributed by atoms with Crippen molar-refractivity contribution in [3.8, 4) is 0 Å². The van der Waals surface area contributed by atoms with E-state index in [0.717, 1.165) is 17.0 Å². The number of carbonyl (C=O) groups is 2. The van der Waals surface area contributed by atoms with Gasteiger partial charge in [0.2, 0.25) is 5.91 Å². The van der Waals surface area contributed by atoms with Gasteiger partial charge in [0.05, 0.1) is 5.92 Å². The van der Waals surface area contributed by atoms with Crippen molar-refractivity contribution in [2.75, 3.05) is 11.6 Å². The lowest BCUT2D eigenvalue weighted by Gasteiger charge is -2.13. The van der Waals surface area contributed by atoms with Crippen LogP contribution in [-0.2, 0) is 15.3 Å². The Labute approximate surface area is 123 Å². The molecule has 0 spiro atoms. The molecule has 0 aliphatic heterocycles. The molecule has 1 fully saturated rings. The molecule has 4 nitrogen and oxygen atoms in total. The monoisotopic (exact) mass is 293 g/mol. The van der Waals surface area contributed by atoms with E-state index in [1.54, 1.807) is 11.8 Å². The summed E-state index contributed by atoms with van der Waals surface area (Å²) in [5.41, 5.74) is 1.94. The fraction of sp³-hybridized carbons (Fsp3) is 0.467. The maximum Gasteiger partial charge on any atom is 0.306 e. The number of rotatable bonds is 5. The molecule has 108 valence electrons. The van der Waals surface area contributed by atoms with Crippen molar-refractivity contribution in [2.45, 2.75) is 25.0 Å². The SMILES string of the molecule is CSCc1ccccc1NC(=O)[C@@H]1CC[C@H](C(=O)O)C1. The van der Waals surface area contributed by atoms with Gasteiger partial charge in [0, 0.05) is 17.4 Å². The van der Waals surface area contributed by atoms with Crippen molar-refractivity contribution in [1.82, 2.24) is 0 Å². The molecule has 1 saturated carbocycles. The maximum absolute atomic E-state index is 12.2. The molecule has 0 saturated heterocycles. The Balaban J connectivity index is 2.00. The summed E-state index contributed by atoms with van der Waals surface area (Å²) >= 11 is 1.70.